The third-order valence-corrected chi connectivity index (χ3v) is 4.03. The molecule has 0 radical (unpaired) electrons. The molecule has 1 atom stereocenters. The molecule has 0 aromatic carbocycles. The van der Waals surface area contributed by atoms with Crippen LogP contribution < -0.4 is 0 Å². The fraction of sp³-hybridized carbons (Fsp3) is 0.923. The Hall–Kier alpha value is -0.570. The highest BCUT2D eigenvalue weighted by atomic mass is 16.2. The summed E-state index contributed by atoms with van der Waals surface area (Å²) in [7, 11) is 0. The molecule has 2 heterocycles. The van der Waals surface area contributed by atoms with E-state index in [1.54, 1.807) is 0 Å². The Balaban J connectivity index is 1.70. The Labute approximate surface area is 98.8 Å². The van der Waals surface area contributed by atoms with Crippen LogP contribution in [0.1, 0.15) is 39.0 Å². The van der Waals surface area contributed by atoms with Gasteiger partial charge in [0, 0.05) is 26.1 Å². The molecule has 1 amide bonds. The van der Waals surface area contributed by atoms with E-state index < -0.39 is 0 Å². The van der Waals surface area contributed by atoms with Gasteiger partial charge in [-0.25, -0.2) is 0 Å². The molecule has 92 valence electrons. The summed E-state index contributed by atoms with van der Waals surface area (Å²) in [5, 5.41) is 0. The van der Waals surface area contributed by atoms with E-state index in [0.29, 0.717) is 5.91 Å². The summed E-state index contributed by atoms with van der Waals surface area (Å²) in [6, 6.07) is 0. The quantitative estimate of drug-likeness (QED) is 0.726. The van der Waals surface area contributed by atoms with Gasteiger partial charge in [-0.05, 0) is 44.7 Å². The SMILES string of the molecule is CCN1CCC[C@@H](CCN2CCCC2=O)C1. The molecule has 3 heteroatoms. The van der Waals surface area contributed by atoms with E-state index in [2.05, 4.69) is 16.7 Å². The van der Waals surface area contributed by atoms with Crippen LogP contribution in [0.4, 0.5) is 0 Å². The second kappa shape index (κ2) is 5.67. The molecular weight excluding hydrogens is 200 g/mol. The van der Waals surface area contributed by atoms with E-state index in [9.17, 15) is 4.79 Å². The Kier molecular flexibility index (Phi) is 4.22. The molecule has 0 aromatic rings. The molecule has 2 saturated heterocycles. The van der Waals surface area contributed by atoms with Crippen molar-refractivity contribution in [2.45, 2.75) is 39.0 Å². The van der Waals surface area contributed by atoms with E-state index >= 15 is 0 Å². The maximum atomic E-state index is 11.5. The maximum Gasteiger partial charge on any atom is 0.222 e. The molecule has 0 spiro atoms. The van der Waals surface area contributed by atoms with E-state index in [-0.39, 0.29) is 0 Å². The smallest absolute Gasteiger partial charge is 0.222 e. The third-order valence-electron chi connectivity index (χ3n) is 4.03. The topological polar surface area (TPSA) is 23.6 Å². The number of carbonyl (C=O) groups is 1. The van der Waals surface area contributed by atoms with Gasteiger partial charge < -0.3 is 9.80 Å². The number of likely N-dealkylation sites (tertiary alicyclic amines) is 2. The predicted molar refractivity (Wildman–Crippen MR) is 65.3 cm³/mol. The summed E-state index contributed by atoms with van der Waals surface area (Å²) in [5.41, 5.74) is 0. The maximum absolute atomic E-state index is 11.5. The summed E-state index contributed by atoms with van der Waals surface area (Å²) < 4.78 is 0. The lowest BCUT2D eigenvalue weighted by molar-refractivity contribution is -0.127. The summed E-state index contributed by atoms with van der Waals surface area (Å²) in [6.45, 7) is 7.95. The first kappa shape index (κ1) is 11.9. The number of piperidine rings is 1. The number of nitrogens with zero attached hydrogens (tertiary/aromatic N) is 2. The molecule has 0 aromatic heterocycles. The van der Waals surface area contributed by atoms with Crippen molar-refractivity contribution in [3.05, 3.63) is 0 Å². The van der Waals surface area contributed by atoms with Crippen molar-refractivity contribution in [2.24, 2.45) is 5.92 Å². The second-order valence-corrected chi connectivity index (χ2v) is 5.17. The average molecular weight is 224 g/mol. The van der Waals surface area contributed by atoms with E-state index in [0.717, 1.165) is 31.8 Å². The van der Waals surface area contributed by atoms with Gasteiger partial charge in [-0.3, -0.25) is 4.79 Å². The predicted octanol–water partition coefficient (Wildman–Crippen LogP) is 1.73. The molecular formula is C13H24N2O. The number of rotatable bonds is 4. The molecule has 2 rings (SSSR count). The van der Waals surface area contributed by atoms with Crippen LogP contribution in [0.3, 0.4) is 0 Å². The molecule has 0 aliphatic carbocycles. The highest BCUT2D eigenvalue weighted by Gasteiger charge is 2.23. The van der Waals surface area contributed by atoms with Crippen molar-refractivity contribution in [3.63, 3.8) is 0 Å². The zero-order valence-electron chi connectivity index (χ0n) is 10.5. The van der Waals surface area contributed by atoms with Gasteiger partial charge in [-0.1, -0.05) is 6.92 Å². The van der Waals surface area contributed by atoms with Crippen LogP contribution in [0.5, 0.6) is 0 Å². The van der Waals surface area contributed by atoms with Crippen molar-refractivity contribution in [1.29, 1.82) is 0 Å². The van der Waals surface area contributed by atoms with Crippen molar-refractivity contribution in [2.75, 3.05) is 32.7 Å². The first-order chi connectivity index (χ1) is 7.79. The van der Waals surface area contributed by atoms with E-state index in [4.69, 9.17) is 0 Å². The first-order valence-electron chi connectivity index (χ1n) is 6.79. The monoisotopic (exact) mass is 224 g/mol. The van der Waals surface area contributed by atoms with Crippen LogP contribution in [-0.4, -0.2) is 48.4 Å². The van der Waals surface area contributed by atoms with Gasteiger partial charge in [0.15, 0.2) is 0 Å². The van der Waals surface area contributed by atoms with Crippen LogP contribution in [0, 0.1) is 5.92 Å². The third kappa shape index (κ3) is 2.97. The van der Waals surface area contributed by atoms with Gasteiger partial charge in [-0.15, -0.1) is 0 Å². The Morgan fingerprint density at radius 3 is 2.88 bits per heavy atom. The highest BCUT2D eigenvalue weighted by molar-refractivity contribution is 5.77. The summed E-state index contributed by atoms with van der Waals surface area (Å²) in [4.78, 5) is 16.1. The summed E-state index contributed by atoms with van der Waals surface area (Å²) >= 11 is 0. The highest BCUT2D eigenvalue weighted by Crippen LogP contribution is 2.21. The molecule has 16 heavy (non-hydrogen) atoms. The average Bonchev–Trinajstić information content (AvgIpc) is 2.72. The largest absolute Gasteiger partial charge is 0.343 e. The Morgan fingerprint density at radius 1 is 1.31 bits per heavy atom. The van der Waals surface area contributed by atoms with Crippen molar-refractivity contribution in [1.82, 2.24) is 9.80 Å². The fourth-order valence-corrected chi connectivity index (χ4v) is 2.95. The van der Waals surface area contributed by atoms with E-state index in [1.165, 1.54) is 38.9 Å². The fourth-order valence-electron chi connectivity index (χ4n) is 2.95. The minimum Gasteiger partial charge on any atom is -0.343 e. The van der Waals surface area contributed by atoms with Crippen LogP contribution in [0.25, 0.3) is 0 Å². The lowest BCUT2D eigenvalue weighted by Crippen LogP contribution is -2.37. The molecule has 2 aliphatic heterocycles. The Morgan fingerprint density at radius 2 is 2.19 bits per heavy atom. The van der Waals surface area contributed by atoms with Crippen molar-refractivity contribution in [3.8, 4) is 0 Å². The van der Waals surface area contributed by atoms with Gasteiger partial charge in [-0.2, -0.15) is 0 Å². The van der Waals surface area contributed by atoms with Gasteiger partial charge in [0.25, 0.3) is 0 Å². The van der Waals surface area contributed by atoms with Crippen LogP contribution >= 0.6 is 0 Å². The molecule has 3 nitrogen and oxygen atoms in total. The van der Waals surface area contributed by atoms with Gasteiger partial charge in [0.2, 0.25) is 5.91 Å². The zero-order chi connectivity index (χ0) is 11.4. The second-order valence-electron chi connectivity index (χ2n) is 5.17. The zero-order valence-corrected chi connectivity index (χ0v) is 10.5. The van der Waals surface area contributed by atoms with Gasteiger partial charge >= 0.3 is 0 Å². The normalized spacial score (nSPS) is 27.7. The lowest BCUT2D eigenvalue weighted by Gasteiger charge is -2.32. The number of amides is 1. The molecule has 0 bridgehead atoms. The lowest BCUT2D eigenvalue weighted by atomic mass is 9.94. The van der Waals surface area contributed by atoms with E-state index in [1.807, 2.05) is 0 Å². The van der Waals surface area contributed by atoms with Gasteiger partial charge in [0.05, 0.1) is 0 Å². The van der Waals surface area contributed by atoms with Crippen LogP contribution in [-0.2, 0) is 4.79 Å². The molecule has 0 unspecified atom stereocenters. The van der Waals surface area contributed by atoms with Crippen molar-refractivity contribution < 1.29 is 4.79 Å². The summed E-state index contributed by atoms with van der Waals surface area (Å²) in [5.74, 6) is 1.20. The van der Waals surface area contributed by atoms with Crippen LogP contribution in [0.15, 0.2) is 0 Å². The standard InChI is InChI=1S/C13H24N2O/c1-2-14-8-3-5-12(11-14)7-10-15-9-4-6-13(15)16/h12H,2-11H2,1H3/t12-/m0/s1. The number of carbonyl (C=O) groups excluding carboxylic acids is 1. The van der Waals surface area contributed by atoms with Crippen molar-refractivity contribution >= 4 is 5.91 Å². The molecule has 2 aliphatic rings. The molecule has 2 fully saturated rings. The van der Waals surface area contributed by atoms with Crippen LogP contribution in [0.2, 0.25) is 0 Å². The Bertz CT molecular complexity index is 242. The summed E-state index contributed by atoms with van der Waals surface area (Å²) in [6.07, 6.45) is 5.77. The molecule has 0 saturated carbocycles. The molecule has 0 N–H and O–H groups in total. The minimum absolute atomic E-state index is 0.378. The number of hydrogen-bond donors (Lipinski definition) is 0. The number of hydrogen-bond acceptors (Lipinski definition) is 2. The minimum atomic E-state index is 0.378. The van der Waals surface area contributed by atoms with Gasteiger partial charge in [0.1, 0.15) is 0 Å². The first-order valence-corrected chi connectivity index (χ1v) is 6.79.